The molecule has 0 radical (unpaired) electrons. The number of hydrogen-bond acceptors (Lipinski definition) is 3. The fourth-order valence-corrected chi connectivity index (χ4v) is 2.38. The molecule has 3 aromatic rings. The number of nitrogens with one attached hydrogen (secondary N) is 2. The van der Waals surface area contributed by atoms with E-state index >= 15 is 0 Å². The molecule has 110 valence electrons. The Morgan fingerprint density at radius 1 is 1.23 bits per heavy atom. The number of benzene rings is 1. The van der Waals surface area contributed by atoms with Gasteiger partial charge in [0.15, 0.2) is 0 Å². The van der Waals surface area contributed by atoms with E-state index < -0.39 is 5.91 Å². The van der Waals surface area contributed by atoms with Gasteiger partial charge in [0.25, 0.3) is 5.91 Å². The topological polar surface area (TPSA) is 74.8 Å². The zero-order valence-electron chi connectivity index (χ0n) is 11.7. The number of nitrogens with zero attached hydrogens (tertiary/aromatic N) is 1. The molecule has 0 saturated heterocycles. The second-order valence-electron chi connectivity index (χ2n) is 4.82. The van der Waals surface area contributed by atoms with Crippen molar-refractivity contribution < 1.29 is 4.79 Å². The molecule has 0 unspecified atom stereocenters. The minimum atomic E-state index is -0.470. The molecule has 0 saturated carbocycles. The third kappa shape index (κ3) is 2.46. The number of anilines is 1. The Bertz CT molecular complexity index is 920. The van der Waals surface area contributed by atoms with Crippen molar-refractivity contribution in [2.24, 2.45) is 0 Å². The minimum absolute atomic E-state index is 0.0473. The van der Waals surface area contributed by atoms with Gasteiger partial charge in [0.05, 0.1) is 5.52 Å². The molecule has 6 heteroatoms. The highest BCUT2D eigenvalue weighted by Gasteiger charge is 2.14. The van der Waals surface area contributed by atoms with E-state index in [0.717, 1.165) is 5.56 Å². The van der Waals surface area contributed by atoms with Crippen LogP contribution in [-0.2, 0) is 0 Å². The predicted molar refractivity (Wildman–Crippen MR) is 86.5 cm³/mol. The van der Waals surface area contributed by atoms with Crippen LogP contribution in [0.15, 0.2) is 47.7 Å². The lowest BCUT2D eigenvalue weighted by Gasteiger charge is -2.07. The van der Waals surface area contributed by atoms with Gasteiger partial charge in [-0.05, 0) is 36.8 Å². The maximum absolute atomic E-state index is 12.5. The van der Waals surface area contributed by atoms with Crippen LogP contribution in [0.2, 0.25) is 5.02 Å². The van der Waals surface area contributed by atoms with Gasteiger partial charge in [-0.2, -0.15) is 0 Å². The molecule has 22 heavy (non-hydrogen) atoms. The van der Waals surface area contributed by atoms with Crippen LogP contribution >= 0.6 is 11.6 Å². The summed E-state index contributed by atoms with van der Waals surface area (Å²) in [5, 5.41) is 3.67. The number of fused-ring (bicyclic) bond motifs is 1. The van der Waals surface area contributed by atoms with Crippen molar-refractivity contribution in [1.29, 1.82) is 0 Å². The second-order valence-corrected chi connectivity index (χ2v) is 5.22. The van der Waals surface area contributed by atoms with Crippen molar-refractivity contribution in [3.8, 4) is 0 Å². The summed E-state index contributed by atoms with van der Waals surface area (Å²) in [5.41, 5.74) is 1.70. The molecule has 0 atom stereocenters. The summed E-state index contributed by atoms with van der Waals surface area (Å²) in [6, 6.07) is 6.57. The average Bonchev–Trinajstić information content (AvgIpc) is 2.52. The molecule has 0 aliphatic rings. The SMILES string of the molecule is Cc1c(Cl)ccc2c(=O)c(C(=O)Nc3ccncc3)c[nH]c12. The Morgan fingerprint density at radius 2 is 1.95 bits per heavy atom. The molecular formula is C16H12ClN3O2. The number of halogens is 1. The maximum atomic E-state index is 12.5. The number of rotatable bonds is 2. The quantitative estimate of drug-likeness (QED) is 0.763. The number of aromatic nitrogens is 2. The van der Waals surface area contributed by atoms with Crippen LogP contribution < -0.4 is 10.7 Å². The number of carbonyl (C=O) groups is 1. The molecule has 0 bridgehead atoms. The highest BCUT2D eigenvalue weighted by atomic mass is 35.5. The number of hydrogen-bond donors (Lipinski definition) is 2. The molecular weight excluding hydrogens is 302 g/mol. The fourth-order valence-electron chi connectivity index (χ4n) is 2.22. The zero-order chi connectivity index (χ0) is 15.7. The number of carbonyl (C=O) groups excluding carboxylic acids is 1. The number of aryl methyl sites for hydroxylation is 1. The molecule has 0 aliphatic heterocycles. The van der Waals surface area contributed by atoms with Gasteiger partial charge >= 0.3 is 0 Å². The van der Waals surface area contributed by atoms with Gasteiger partial charge in [-0.15, -0.1) is 0 Å². The van der Waals surface area contributed by atoms with Gasteiger partial charge in [0, 0.05) is 34.7 Å². The van der Waals surface area contributed by atoms with Crippen molar-refractivity contribution in [3.05, 3.63) is 69.2 Å². The van der Waals surface area contributed by atoms with Crippen LogP contribution in [0.5, 0.6) is 0 Å². The lowest BCUT2D eigenvalue weighted by atomic mass is 10.1. The van der Waals surface area contributed by atoms with Crippen LogP contribution in [0.3, 0.4) is 0 Å². The largest absolute Gasteiger partial charge is 0.360 e. The summed E-state index contributed by atoms with van der Waals surface area (Å²) in [4.78, 5) is 31.6. The summed E-state index contributed by atoms with van der Waals surface area (Å²) in [5.74, 6) is -0.470. The summed E-state index contributed by atoms with van der Waals surface area (Å²) in [6.45, 7) is 1.82. The highest BCUT2D eigenvalue weighted by molar-refractivity contribution is 6.32. The second kappa shape index (κ2) is 5.61. The maximum Gasteiger partial charge on any atom is 0.261 e. The summed E-state index contributed by atoms with van der Waals surface area (Å²) >= 11 is 6.04. The minimum Gasteiger partial charge on any atom is -0.360 e. The van der Waals surface area contributed by atoms with Crippen molar-refractivity contribution in [3.63, 3.8) is 0 Å². The van der Waals surface area contributed by atoms with E-state index in [1.54, 1.807) is 36.7 Å². The lowest BCUT2D eigenvalue weighted by Crippen LogP contribution is -2.22. The van der Waals surface area contributed by atoms with E-state index in [0.29, 0.717) is 21.6 Å². The van der Waals surface area contributed by atoms with Gasteiger partial charge in [-0.3, -0.25) is 14.6 Å². The molecule has 2 aromatic heterocycles. The van der Waals surface area contributed by atoms with Gasteiger partial charge < -0.3 is 10.3 Å². The van der Waals surface area contributed by atoms with E-state index in [4.69, 9.17) is 11.6 Å². The molecule has 3 rings (SSSR count). The van der Waals surface area contributed by atoms with E-state index in [-0.39, 0.29) is 11.0 Å². The number of H-pyrrole nitrogens is 1. The Morgan fingerprint density at radius 3 is 2.68 bits per heavy atom. The van der Waals surface area contributed by atoms with Crippen molar-refractivity contribution >= 4 is 34.1 Å². The smallest absolute Gasteiger partial charge is 0.261 e. The molecule has 0 fully saturated rings. The molecule has 1 aromatic carbocycles. The van der Waals surface area contributed by atoms with Gasteiger partial charge in [0.2, 0.25) is 5.43 Å². The molecule has 2 heterocycles. The first kappa shape index (κ1) is 14.3. The Balaban J connectivity index is 2.05. The van der Waals surface area contributed by atoms with E-state index in [1.165, 1.54) is 6.20 Å². The summed E-state index contributed by atoms with van der Waals surface area (Å²) < 4.78 is 0. The van der Waals surface area contributed by atoms with Gasteiger partial charge in [0.1, 0.15) is 5.56 Å². The van der Waals surface area contributed by atoms with Crippen LogP contribution in [0.1, 0.15) is 15.9 Å². The van der Waals surface area contributed by atoms with Crippen LogP contribution in [-0.4, -0.2) is 15.9 Å². The average molecular weight is 314 g/mol. The predicted octanol–water partition coefficient (Wildman–Crippen LogP) is 3.14. The molecule has 0 spiro atoms. The Kier molecular flexibility index (Phi) is 3.65. The first-order chi connectivity index (χ1) is 10.6. The summed E-state index contributed by atoms with van der Waals surface area (Å²) in [6.07, 6.45) is 4.53. The van der Waals surface area contributed by atoms with Crippen molar-refractivity contribution in [2.45, 2.75) is 6.92 Å². The Labute approximate surface area is 131 Å². The monoisotopic (exact) mass is 313 g/mol. The van der Waals surface area contributed by atoms with E-state index in [2.05, 4.69) is 15.3 Å². The number of pyridine rings is 2. The van der Waals surface area contributed by atoms with Gasteiger partial charge in [-0.25, -0.2) is 0 Å². The van der Waals surface area contributed by atoms with Crippen molar-refractivity contribution in [2.75, 3.05) is 5.32 Å². The van der Waals surface area contributed by atoms with Gasteiger partial charge in [-0.1, -0.05) is 11.6 Å². The van der Waals surface area contributed by atoms with Crippen LogP contribution in [0.4, 0.5) is 5.69 Å². The lowest BCUT2D eigenvalue weighted by molar-refractivity contribution is 0.102. The molecule has 2 N–H and O–H groups in total. The van der Waals surface area contributed by atoms with E-state index in [9.17, 15) is 9.59 Å². The molecule has 5 nitrogen and oxygen atoms in total. The first-order valence-corrected chi connectivity index (χ1v) is 6.97. The molecule has 1 amide bonds. The van der Waals surface area contributed by atoms with E-state index in [1.807, 2.05) is 6.92 Å². The zero-order valence-corrected chi connectivity index (χ0v) is 12.4. The number of amides is 1. The highest BCUT2D eigenvalue weighted by Crippen LogP contribution is 2.22. The first-order valence-electron chi connectivity index (χ1n) is 6.60. The standard InChI is InChI=1S/C16H12ClN3O2/c1-9-13(17)3-2-11-14(9)19-8-12(15(11)21)16(22)20-10-4-6-18-7-5-10/h2-8H,1H3,(H,19,21)(H,18,20,22). The Hall–Kier alpha value is -2.66. The van der Waals surface area contributed by atoms with Crippen LogP contribution in [0.25, 0.3) is 10.9 Å². The third-order valence-corrected chi connectivity index (χ3v) is 3.84. The van der Waals surface area contributed by atoms with Crippen LogP contribution in [0, 0.1) is 6.92 Å². The molecule has 0 aliphatic carbocycles. The van der Waals surface area contributed by atoms with Crippen molar-refractivity contribution in [1.82, 2.24) is 9.97 Å². The number of aromatic amines is 1. The summed E-state index contributed by atoms with van der Waals surface area (Å²) in [7, 11) is 0. The third-order valence-electron chi connectivity index (χ3n) is 3.43. The normalized spacial score (nSPS) is 10.6. The fraction of sp³-hybridized carbons (Fsp3) is 0.0625.